The minimum absolute atomic E-state index is 0.0651. The lowest BCUT2D eigenvalue weighted by Gasteiger charge is -2.16. The monoisotopic (exact) mass is 392 g/mol. The van der Waals surface area contributed by atoms with Crippen molar-refractivity contribution < 1.29 is 0 Å². The van der Waals surface area contributed by atoms with Crippen LogP contribution in [0.1, 0.15) is 61.6 Å². The first-order valence-corrected chi connectivity index (χ1v) is 10.7. The molecule has 1 saturated carbocycles. The van der Waals surface area contributed by atoms with Crippen molar-refractivity contribution in [3.8, 4) is 0 Å². The van der Waals surface area contributed by atoms with Crippen molar-refractivity contribution in [1.29, 1.82) is 0 Å². The number of nitrogens with one attached hydrogen (secondary N) is 1. The van der Waals surface area contributed by atoms with E-state index in [0.717, 1.165) is 49.6 Å². The molecule has 1 aliphatic heterocycles. The van der Waals surface area contributed by atoms with Gasteiger partial charge in [-0.3, -0.25) is 14.7 Å². The molecule has 0 amide bonds. The molecule has 2 aliphatic rings. The summed E-state index contributed by atoms with van der Waals surface area (Å²) in [5.41, 5.74) is 3.01. The second kappa shape index (κ2) is 7.37. The van der Waals surface area contributed by atoms with Gasteiger partial charge in [0.05, 0.1) is 12.2 Å². The Kier molecular flexibility index (Phi) is 4.70. The van der Waals surface area contributed by atoms with E-state index in [1.807, 2.05) is 17.8 Å². The summed E-state index contributed by atoms with van der Waals surface area (Å²) in [7, 11) is 0. The molecule has 3 aromatic rings. The minimum Gasteiger partial charge on any atom is -0.310 e. The Labute approximate surface area is 170 Å². The van der Waals surface area contributed by atoms with Crippen molar-refractivity contribution >= 4 is 11.0 Å². The van der Waals surface area contributed by atoms with E-state index in [-0.39, 0.29) is 11.5 Å². The third-order valence-electron chi connectivity index (χ3n) is 6.56. The number of aromatic nitrogens is 5. The molecule has 3 aromatic heterocycles. The zero-order valence-electron chi connectivity index (χ0n) is 17.1. The fourth-order valence-electron chi connectivity index (χ4n) is 5.06. The van der Waals surface area contributed by atoms with Crippen LogP contribution in [-0.4, -0.2) is 42.7 Å². The Morgan fingerprint density at radius 2 is 2.07 bits per heavy atom. The summed E-state index contributed by atoms with van der Waals surface area (Å²) in [6.07, 6.45) is 8.26. The average molecular weight is 393 g/mol. The highest BCUT2D eigenvalue weighted by Gasteiger charge is 2.33. The zero-order valence-corrected chi connectivity index (χ0v) is 17.1. The molecule has 1 N–H and O–H groups in total. The number of fused-ring (bicyclic) bond motifs is 1. The summed E-state index contributed by atoms with van der Waals surface area (Å²) < 4.78 is 2.00. The van der Waals surface area contributed by atoms with Crippen molar-refractivity contribution in [1.82, 2.24) is 29.6 Å². The Balaban J connectivity index is 1.42. The lowest BCUT2D eigenvalue weighted by Crippen LogP contribution is -2.21. The standard InChI is InChI=1S/C22H28N6O/c1-14-11-27(12-16-7-8-23-15(2)9-16)13-19(14)20-25-21-18(22(29)26-20)10-24-28(21)17-5-3-4-6-17/h7-10,14,17,19H,3-6,11-13H2,1-2H3,(H,25,26,29)/t14-,19-/m1/s1. The van der Waals surface area contributed by atoms with E-state index in [0.29, 0.717) is 17.3 Å². The number of likely N-dealkylation sites (tertiary alicyclic amines) is 1. The molecule has 0 unspecified atom stereocenters. The van der Waals surface area contributed by atoms with Crippen LogP contribution in [0.5, 0.6) is 0 Å². The minimum atomic E-state index is -0.0651. The van der Waals surface area contributed by atoms with Gasteiger partial charge in [-0.25, -0.2) is 9.67 Å². The third kappa shape index (κ3) is 3.48. The maximum absolute atomic E-state index is 12.7. The Morgan fingerprint density at radius 1 is 1.24 bits per heavy atom. The van der Waals surface area contributed by atoms with Crippen molar-refractivity contribution in [2.75, 3.05) is 13.1 Å². The van der Waals surface area contributed by atoms with Crippen LogP contribution in [0.25, 0.3) is 11.0 Å². The molecule has 0 spiro atoms. The summed E-state index contributed by atoms with van der Waals surface area (Å²) in [6.45, 7) is 7.07. The number of H-pyrrole nitrogens is 1. The molecular weight excluding hydrogens is 364 g/mol. The Bertz CT molecular complexity index is 1080. The first kappa shape index (κ1) is 18.5. The smallest absolute Gasteiger partial charge is 0.262 e. The van der Waals surface area contributed by atoms with Gasteiger partial charge in [0, 0.05) is 37.4 Å². The summed E-state index contributed by atoms with van der Waals surface area (Å²) in [6, 6.07) is 4.60. The number of pyridine rings is 1. The molecule has 7 heteroatoms. The van der Waals surface area contributed by atoms with Crippen molar-refractivity contribution in [2.45, 2.75) is 58.0 Å². The normalized spacial score (nSPS) is 23.4. The molecular formula is C22H28N6O. The molecule has 0 aromatic carbocycles. The van der Waals surface area contributed by atoms with Crippen LogP contribution in [0.15, 0.2) is 29.3 Å². The molecule has 5 rings (SSSR count). The number of rotatable bonds is 4. The van der Waals surface area contributed by atoms with E-state index >= 15 is 0 Å². The van der Waals surface area contributed by atoms with Gasteiger partial charge in [0.25, 0.3) is 5.56 Å². The SMILES string of the molecule is Cc1cc(CN2C[C@@H](C)[C@H](c3nc4c(cnn4C4CCCC4)c(=O)[nH]3)C2)ccn1. The van der Waals surface area contributed by atoms with Crippen LogP contribution in [0.3, 0.4) is 0 Å². The van der Waals surface area contributed by atoms with E-state index in [2.05, 4.69) is 39.0 Å². The van der Waals surface area contributed by atoms with Crippen LogP contribution < -0.4 is 5.56 Å². The summed E-state index contributed by atoms with van der Waals surface area (Å²) >= 11 is 0. The molecule has 29 heavy (non-hydrogen) atoms. The van der Waals surface area contributed by atoms with E-state index in [1.54, 1.807) is 6.20 Å². The molecule has 1 aliphatic carbocycles. The number of nitrogens with zero attached hydrogens (tertiary/aromatic N) is 5. The number of hydrogen-bond acceptors (Lipinski definition) is 5. The summed E-state index contributed by atoms with van der Waals surface area (Å²) in [4.78, 5) is 27.5. The average Bonchev–Trinajstić information content (AvgIpc) is 3.41. The van der Waals surface area contributed by atoms with Crippen molar-refractivity contribution in [3.05, 3.63) is 52.0 Å². The summed E-state index contributed by atoms with van der Waals surface area (Å²) in [5, 5.41) is 5.13. The predicted molar refractivity (Wildman–Crippen MR) is 112 cm³/mol. The third-order valence-corrected chi connectivity index (χ3v) is 6.56. The largest absolute Gasteiger partial charge is 0.310 e. The number of hydrogen-bond donors (Lipinski definition) is 1. The number of aryl methyl sites for hydroxylation is 1. The highest BCUT2D eigenvalue weighted by Crippen LogP contribution is 2.33. The van der Waals surface area contributed by atoms with Crippen molar-refractivity contribution in [2.24, 2.45) is 5.92 Å². The van der Waals surface area contributed by atoms with Gasteiger partial charge in [-0.05, 0) is 43.4 Å². The van der Waals surface area contributed by atoms with Crippen LogP contribution >= 0.6 is 0 Å². The topological polar surface area (TPSA) is 79.7 Å². The van der Waals surface area contributed by atoms with Gasteiger partial charge in [0.15, 0.2) is 5.65 Å². The van der Waals surface area contributed by atoms with Gasteiger partial charge in [-0.15, -0.1) is 0 Å². The molecule has 7 nitrogen and oxygen atoms in total. The fraction of sp³-hybridized carbons (Fsp3) is 0.545. The lowest BCUT2D eigenvalue weighted by molar-refractivity contribution is 0.318. The maximum atomic E-state index is 12.7. The highest BCUT2D eigenvalue weighted by molar-refractivity contribution is 5.73. The van der Waals surface area contributed by atoms with Gasteiger partial charge in [0.1, 0.15) is 11.2 Å². The Morgan fingerprint density at radius 3 is 2.86 bits per heavy atom. The zero-order chi connectivity index (χ0) is 20.0. The van der Waals surface area contributed by atoms with Gasteiger partial charge in [-0.1, -0.05) is 19.8 Å². The van der Waals surface area contributed by atoms with Gasteiger partial charge >= 0.3 is 0 Å². The van der Waals surface area contributed by atoms with Gasteiger partial charge in [-0.2, -0.15) is 5.10 Å². The first-order valence-electron chi connectivity index (χ1n) is 10.7. The number of aromatic amines is 1. The molecule has 2 fully saturated rings. The molecule has 0 radical (unpaired) electrons. The maximum Gasteiger partial charge on any atom is 0.262 e. The van der Waals surface area contributed by atoms with E-state index < -0.39 is 0 Å². The Hall–Kier alpha value is -2.54. The molecule has 2 atom stereocenters. The second-order valence-electron chi connectivity index (χ2n) is 8.80. The first-order chi connectivity index (χ1) is 14.1. The molecule has 152 valence electrons. The quantitative estimate of drug-likeness (QED) is 0.738. The highest BCUT2D eigenvalue weighted by atomic mass is 16.1. The fourth-order valence-corrected chi connectivity index (χ4v) is 5.06. The van der Waals surface area contributed by atoms with Crippen LogP contribution in [0.2, 0.25) is 0 Å². The van der Waals surface area contributed by atoms with Crippen molar-refractivity contribution in [3.63, 3.8) is 0 Å². The second-order valence-corrected chi connectivity index (χ2v) is 8.80. The van der Waals surface area contributed by atoms with Crippen LogP contribution in [0.4, 0.5) is 0 Å². The van der Waals surface area contributed by atoms with Crippen LogP contribution in [0, 0.1) is 12.8 Å². The molecule has 0 bridgehead atoms. The molecule has 4 heterocycles. The van der Waals surface area contributed by atoms with Gasteiger partial charge in [0.2, 0.25) is 0 Å². The van der Waals surface area contributed by atoms with Gasteiger partial charge < -0.3 is 4.98 Å². The summed E-state index contributed by atoms with van der Waals surface area (Å²) in [5.74, 6) is 1.46. The molecule has 1 saturated heterocycles. The van der Waals surface area contributed by atoms with Crippen LogP contribution in [-0.2, 0) is 6.54 Å². The predicted octanol–water partition coefficient (Wildman–Crippen LogP) is 3.17. The van der Waals surface area contributed by atoms with E-state index in [4.69, 9.17) is 4.98 Å². The lowest BCUT2D eigenvalue weighted by atomic mass is 9.97. The van der Waals surface area contributed by atoms with E-state index in [9.17, 15) is 4.79 Å². The van der Waals surface area contributed by atoms with E-state index in [1.165, 1.54) is 18.4 Å².